The molecule has 0 bridgehead atoms. The van der Waals surface area contributed by atoms with Crippen LogP contribution >= 0.6 is 0 Å². The Bertz CT molecular complexity index is 444. The highest BCUT2D eigenvalue weighted by molar-refractivity contribution is 7.89. The summed E-state index contributed by atoms with van der Waals surface area (Å²) in [6.45, 7) is 0.560. The Balaban J connectivity index is 2.57. The Morgan fingerprint density at radius 1 is 1.41 bits per heavy atom. The van der Waals surface area contributed by atoms with Crippen LogP contribution in [0, 0.1) is 0 Å². The second-order valence-electron chi connectivity index (χ2n) is 3.54. The molecule has 0 aromatic heterocycles. The van der Waals surface area contributed by atoms with Crippen LogP contribution in [-0.4, -0.2) is 39.8 Å². The maximum atomic E-state index is 11.0. The molecule has 0 aliphatic rings. The Kier molecular flexibility index (Phi) is 4.88. The first-order valence-corrected chi connectivity index (χ1v) is 6.56. The number of primary sulfonamides is 1. The van der Waals surface area contributed by atoms with Crippen molar-refractivity contribution in [2.24, 2.45) is 5.14 Å². The molecule has 0 saturated heterocycles. The number of benzene rings is 1. The summed E-state index contributed by atoms with van der Waals surface area (Å²) in [6, 6.07) is 5.70. The first-order chi connectivity index (χ1) is 7.93. The molecular weight excluding hydrogens is 244 g/mol. The Morgan fingerprint density at radius 2 is 2.00 bits per heavy atom. The maximum Gasteiger partial charge on any atom is 0.238 e. The normalized spacial score (nSPS) is 13.4. The summed E-state index contributed by atoms with van der Waals surface area (Å²) in [6.07, 6.45) is -0.613. The van der Waals surface area contributed by atoms with Crippen molar-refractivity contribution >= 4 is 10.0 Å². The molecule has 0 aliphatic carbocycles. The highest BCUT2D eigenvalue weighted by Gasteiger charge is 2.08. The summed E-state index contributed by atoms with van der Waals surface area (Å²) in [7, 11) is -1.95. The standard InChI is InChI=1S/C10H16N2O4S/c1-12-6-8(13)7-16-9-2-4-10(5-3-9)17(11,14)15/h2-5,8,12-13H,6-7H2,1H3,(H2,11,14,15). The molecule has 96 valence electrons. The molecule has 0 aliphatic heterocycles. The summed E-state index contributed by atoms with van der Waals surface area (Å²) in [5.41, 5.74) is 0. The van der Waals surface area contributed by atoms with Gasteiger partial charge in [0.15, 0.2) is 0 Å². The highest BCUT2D eigenvalue weighted by Crippen LogP contribution is 2.14. The summed E-state index contributed by atoms with van der Waals surface area (Å²) in [5.74, 6) is 0.479. The molecule has 7 heteroatoms. The number of sulfonamides is 1. The van der Waals surface area contributed by atoms with Crippen LogP contribution in [0.3, 0.4) is 0 Å². The van der Waals surface area contributed by atoms with E-state index in [1.54, 1.807) is 7.05 Å². The molecule has 4 N–H and O–H groups in total. The van der Waals surface area contributed by atoms with E-state index in [4.69, 9.17) is 9.88 Å². The van der Waals surface area contributed by atoms with Gasteiger partial charge in [-0.15, -0.1) is 0 Å². The van der Waals surface area contributed by atoms with Gasteiger partial charge in [0.1, 0.15) is 18.5 Å². The van der Waals surface area contributed by atoms with Crippen molar-refractivity contribution in [1.29, 1.82) is 0 Å². The van der Waals surface area contributed by atoms with Crippen molar-refractivity contribution in [2.75, 3.05) is 20.2 Å². The van der Waals surface area contributed by atoms with Gasteiger partial charge in [0.25, 0.3) is 0 Å². The zero-order chi connectivity index (χ0) is 12.9. The number of nitrogens with two attached hydrogens (primary N) is 1. The van der Waals surface area contributed by atoms with Gasteiger partial charge in [-0.05, 0) is 31.3 Å². The van der Waals surface area contributed by atoms with E-state index in [1.165, 1.54) is 24.3 Å². The fraction of sp³-hybridized carbons (Fsp3) is 0.400. The number of aliphatic hydroxyl groups excluding tert-OH is 1. The van der Waals surface area contributed by atoms with Crippen molar-refractivity contribution in [3.05, 3.63) is 24.3 Å². The largest absolute Gasteiger partial charge is 0.491 e. The molecule has 1 aromatic rings. The van der Waals surface area contributed by atoms with E-state index in [9.17, 15) is 13.5 Å². The van der Waals surface area contributed by atoms with Crippen LogP contribution in [0.1, 0.15) is 0 Å². The van der Waals surface area contributed by atoms with Crippen LogP contribution in [0.4, 0.5) is 0 Å². The summed E-state index contributed by atoms with van der Waals surface area (Å²) in [4.78, 5) is 0.0284. The van der Waals surface area contributed by atoms with Crippen molar-refractivity contribution in [2.45, 2.75) is 11.0 Å². The molecule has 1 aromatic carbocycles. The zero-order valence-corrected chi connectivity index (χ0v) is 10.3. The number of likely N-dealkylation sites (N-methyl/N-ethyl adjacent to an activating group) is 1. The van der Waals surface area contributed by atoms with Crippen LogP contribution in [0.2, 0.25) is 0 Å². The lowest BCUT2D eigenvalue weighted by molar-refractivity contribution is 0.108. The highest BCUT2D eigenvalue weighted by atomic mass is 32.2. The van der Waals surface area contributed by atoms with Crippen LogP contribution in [0.25, 0.3) is 0 Å². The number of ether oxygens (including phenoxy) is 1. The average molecular weight is 260 g/mol. The number of rotatable bonds is 6. The van der Waals surface area contributed by atoms with Gasteiger partial charge in [0.2, 0.25) is 10.0 Å². The fourth-order valence-corrected chi connectivity index (χ4v) is 1.73. The van der Waals surface area contributed by atoms with Crippen molar-refractivity contribution in [1.82, 2.24) is 5.32 Å². The van der Waals surface area contributed by atoms with Crippen molar-refractivity contribution in [3.8, 4) is 5.75 Å². The smallest absolute Gasteiger partial charge is 0.238 e. The second kappa shape index (κ2) is 5.97. The number of nitrogens with one attached hydrogen (secondary N) is 1. The van der Waals surface area contributed by atoms with E-state index in [0.29, 0.717) is 12.3 Å². The average Bonchev–Trinajstić information content (AvgIpc) is 2.26. The topological polar surface area (TPSA) is 102 Å². The van der Waals surface area contributed by atoms with Crippen molar-refractivity contribution in [3.63, 3.8) is 0 Å². The van der Waals surface area contributed by atoms with Crippen molar-refractivity contribution < 1.29 is 18.3 Å². The van der Waals surface area contributed by atoms with Gasteiger partial charge in [0.05, 0.1) is 4.90 Å². The van der Waals surface area contributed by atoms with Gasteiger partial charge in [0, 0.05) is 6.54 Å². The molecule has 17 heavy (non-hydrogen) atoms. The first kappa shape index (κ1) is 13.9. The predicted molar refractivity (Wildman–Crippen MR) is 63.2 cm³/mol. The third-order valence-corrected chi connectivity index (χ3v) is 2.96. The van der Waals surface area contributed by atoms with E-state index in [2.05, 4.69) is 5.32 Å². The van der Waals surface area contributed by atoms with Gasteiger partial charge < -0.3 is 15.2 Å². The molecule has 1 rings (SSSR count). The van der Waals surface area contributed by atoms with Gasteiger partial charge >= 0.3 is 0 Å². The van der Waals surface area contributed by atoms with Gasteiger partial charge in [-0.1, -0.05) is 0 Å². The van der Waals surface area contributed by atoms with E-state index in [0.717, 1.165) is 0 Å². The number of hydrogen-bond donors (Lipinski definition) is 3. The van der Waals surface area contributed by atoms with E-state index in [1.807, 2.05) is 0 Å². The summed E-state index contributed by atoms with van der Waals surface area (Å²) >= 11 is 0. The lowest BCUT2D eigenvalue weighted by Crippen LogP contribution is -2.29. The van der Waals surface area contributed by atoms with Gasteiger partial charge in [-0.2, -0.15) is 0 Å². The van der Waals surface area contributed by atoms with E-state index < -0.39 is 16.1 Å². The van der Waals surface area contributed by atoms with Gasteiger partial charge in [-0.3, -0.25) is 0 Å². The lowest BCUT2D eigenvalue weighted by atomic mass is 10.3. The lowest BCUT2D eigenvalue weighted by Gasteiger charge is -2.11. The SMILES string of the molecule is CNCC(O)COc1ccc(S(N)(=O)=O)cc1. The minimum atomic E-state index is -3.67. The molecule has 1 unspecified atom stereocenters. The molecule has 0 heterocycles. The third-order valence-electron chi connectivity index (χ3n) is 2.03. The fourth-order valence-electron chi connectivity index (χ4n) is 1.21. The quantitative estimate of drug-likeness (QED) is 0.627. The Hall–Kier alpha value is -1.15. The van der Waals surface area contributed by atoms with Crippen LogP contribution in [0.5, 0.6) is 5.75 Å². The predicted octanol–water partition coefficient (Wildman–Crippen LogP) is -0.707. The van der Waals surface area contributed by atoms with E-state index >= 15 is 0 Å². The molecule has 1 atom stereocenters. The molecule has 0 saturated carbocycles. The Labute approximate surface area is 100 Å². The molecule has 0 amide bonds. The number of aliphatic hydroxyl groups is 1. The first-order valence-electron chi connectivity index (χ1n) is 5.02. The molecule has 0 spiro atoms. The maximum absolute atomic E-state index is 11.0. The summed E-state index contributed by atoms with van der Waals surface area (Å²) in [5, 5.41) is 17.1. The molecule has 0 fully saturated rings. The minimum absolute atomic E-state index is 0.0284. The minimum Gasteiger partial charge on any atom is -0.491 e. The molecule has 0 radical (unpaired) electrons. The van der Waals surface area contributed by atoms with E-state index in [-0.39, 0.29) is 11.5 Å². The van der Waals surface area contributed by atoms with Crippen LogP contribution in [0.15, 0.2) is 29.2 Å². The van der Waals surface area contributed by atoms with Gasteiger partial charge in [-0.25, -0.2) is 13.6 Å². The molecule has 6 nitrogen and oxygen atoms in total. The molecular formula is C10H16N2O4S. The zero-order valence-electron chi connectivity index (χ0n) is 9.46. The monoisotopic (exact) mass is 260 g/mol. The summed E-state index contributed by atoms with van der Waals surface area (Å²) < 4.78 is 27.2. The van der Waals surface area contributed by atoms with Crippen LogP contribution < -0.4 is 15.2 Å². The van der Waals surface area contributed by atoms with Crippen LogP contribution in [-0.2, 0) is 10.0 Å². The third kappa shape index (κ3) is 4.70. The Morgan fingerprint density at radius 3 is 2.47 bits per heavy atom. The second-order valence-corrected chi connectivity index (χ2v) is 5.10. The number of hydrogen-bond acceptors (Lipinski definition) is 5.